The van der Waals surface area contributed by atoms with Crippen molar-refractivity contribution in [2.24, 2.45) is 7.05 Å². The van der Waals surface area contributed by atoms with Crippen LogP contribution in [-0.2, 0) is 13.6 Å². The van der Waals surface area contributed by atoms with Crippen molar-refractivity contribution in [1.82, 2.24) is 24.3 Å². The summed E-state index contributed by atoms with van der Waals surface area (Å²) in [6.07, 6.45) is 1.70. The maximum absolute atomic E-state index is 6.26. The van der Waals surface area contributed by atoms with Gasteiger partial charge in [-0.25, -0.2) is 9.97 Å². The van der Waals surface area contributed by atoms with Gasteiger partial charge in [0.15, 0.2) is 5.82 Å². The molecular weight excluding hydrogens is 274 g/mol. The summed E-state index contributed by atoms with van der Waals surface area (Å²) in [5, 5.41) is 4.17. The number of aromatic nitrogens is 5. The van der Waals surface area contributed by atoms with Crippen molar-refractivity contribution >= 4 is 22.6 Å². The molecule has 104 valence electrons. The number of hydrogen-bond donors (Lipinski definition) is 0. The Morgan fingerprint density at radius 3 is 2.80 bits per heavy atom. The number of fused-ring (bicyclic) bond motifs is 1. The van der Waals surface area contributed by atoms with Gasteiger partial charge in [-0.3, -0.25) is 4.68 Å². The summed E-state index contributed by atoms with van der Waals surface area (Å²) in [5.41, 5.74) is 3.22. The van der Waals surface area contributed by atoms with Gasteiger partial charge >= 0.3 is 0 Å². The first-order valence-electron chi connectivity index (χ1n) is 6.50. The van der Waals surface area contributed by atoms with E-state index >= 15 is 0 Å². The van der Waals surface area contributed by atoms with Gasteiger partial charge in [0, 0.05) is 7.05 Å². The fourth-order valence-electron chi connectivity index (χ4n) is 2.32. The van der Waals surface area contributed by atoms with Crippen LogP contribution in [0.1, 0.15) is 29.5 Å². The maximum Gasteiger partial charge on any atom is 0.170 e. The van der Waals surface area contributed by atoms with Crippen LogP contribution in [0.25, 0.3) is 11.0 Å². The van der Waals surface area contributed by atoms with Crippen molar-refractivity contribution < 1.29 is 0 Å². The van der Waals surface area contributed by atoms with Gasteiger partial charge in [0.05, 0.1) is 23.0 Å². The van der Waals surface area contributed by atoms with E-state index in [4.69, 9.17) is 11.6 Å². The lowest BCUT2D eigenvalue weighted by atomic mass is 10.2. The van der Waals surface area contributed by atoms with Crippen LogP contribution in [0.15, 0.2) is 24.5 Å². The fraction of sp³-hybridized carbons (Fsp3) is 0.357. The number of benzene rings is 1. The minimum atomic E-state index is -0.161. The molecule has 3 rings (SSSR count). The monoisotopic (exact) mass is 289 g/mol. The molecule has 0 bridgehead atoms. The van der Waals surface area contributed by atoms with Crippen LogP contribution in [0.3, 0.4) is 0 Å². The Kier molecular flexibility index (Phi) is 3.22. The van der Waals surface area contributed by atoms with E-state index in [2.05, 4.69) is 38.7 Å². The van der Waals surface area contributed by atoms with E-state index in [0.717, 1.165) is 22.7 Å². The van der Waals surface area contributed by atoms with Crippen LogP contribution in [0.2, 0.25) is 0 Å². The third kappa shape index (κ3) is 2.29. The Labute approximate surface area is 122 Å². The summed E-state index contributed by atoms with van der Waals surface area (Å²) in [4.78, 5) is 8.91. The van der Waals surface area contributed by atoms with Gasteiger partial charge < -0.3 is 4.57 Å². The van der Waals surface area contributed by atoms with E-state index in [0.29, 0.717) is 6.54 Å². The standard InChI is InChI=1S/C14H16ClN5/c1-9-4-5-11-12(6-9)20(14(17-11)10(2)15)7-13-16-8-19(3)18-13/h4-6,8,10H,7H2,1-3H3. The van der Waals surface area contributed by atoms with E-state index in [1.807, 2.05) is 20.0 Å². The summed E-state index contributed by atoms with van der Waals surface area (Å²) < 4.78 is 3.79. The van der Waals surface area contributed by atoms with Crippen molar-refractivity contribution in [2.75, 3.05) is 0 Å². The topological polar surface area (TPSA) is 48.5 Å². The van der Waals surface area contributed by atoms with E-state index in [1.54, 1.807) is 11.0 Å². The Morgan fingerprint density at radius 2 is 2.15 bits per heavy atom. The van der Waals surface area contributed by atoms with Gasteiger partial charge in [-0.1, -0.05) is 6.07 Å². The number of nitrogens with zero attached hydrogens (tertiary/aromatic N) is 5. The second-order valence-corrected chi connectivity index (χ2v) is 5.65. The molecule has 1 atom stereocenters. The fourth-order valence-corrected chi connectivity index (χ4v) is 2.49. The van der Waals surface area contributed by atoms with Crippen molar-refractivity contribution in [2.45, 2.75) is 25.8 Å². The molecule has 2 heterocycles. The third-order valence-corrected chi connectivity index (χ3v) is 3.43. The van der Waals surface area contributed by atoms with Crippen LogP contribution >= 0.6 is 11.6 Å². The summed E-state index contributed by atoms with van der Waals surface area (Å²) >= 11 is 6.26. The zero-order valence-electron chi connectivity index (χ0n) is 11.7. The second kappa shape index (κ2) is 4.90. The first kappa shape index (κ1) is 13.1. The Balaban J connectivity index is 2.15. The summed E-state index contributed by atoms with van der Waals surface area (Å²) in [7, 11) is 1.86. The van der Waals surface area contributed by atoms with Gasteiger partial charge in [-0.05, 0) is 31.5 Å². The molecule has 0 spiro atoms. The first-order valence-corrected chi connectivity index (χ1v) is 6.93. The minimum Gasteiger partial charge on any atom is -0.319 e. The number of aryl methyl sites for hydroxylation is 2. The smallest absolute Gasteiger partial charge is 0.170 e. The van der Waals surface area contributed by atoms with Crippen molar-refractivity contribution in [3.05, 3.63) is 41.7 Å². The average Bonchev–Trinajstić information content (AvgIpc) is 2.95. The lowest BCUT2D eigenvalue weighted by Gasteiger charge is -2.08. The lowest BCUT2D eigenvalue weighted by Crippen LogP contribution is -2.07. The molecule has 5 nitrogen and oxygen atoms in total. The molecule has 0 aliphatic heterocycles. The molecule has 6 heteroatoms. The highest BCUT2D eigenvalue weighted by Crippen LogP contribution is 2.25. The van der Waals surface area contributed by atoms with Crippen LogP contribution in [-0.4, -0.2) is 24.3 Å². The van der Waals surface area contributed by atoms with Gasteiger partial charge in [-0.15, -0.1) is 11.6 Å². The van der Waals surface area contributed by atoms with Gasteiger partial charge in [-0.2, -0.15) is 5.10 Å². The highest BCUT2D eigenvalue weighted by atomic mass is 35.5. The molecular formula is C14H16ClN5. The second-order valence-electron chi connectivity index (χ2n) is 5.00. The number of alkyl halides is 1. The predicted octanol–water partition coefficient (Wildman–Crippen LogP) is 2.82. The van der Waals surface area contributed by atoms with Crippen LogP contribution in [0.4, 0.5) is 0 Å². The normalized spacial score (nSPS) is 13.0. The summed E-state index contributed by atoms with van der Waals surface area (Å²) in [6, 6.07) is 6.20. The van der Waals surface area contributed by atoms with E-state index < -0.39 is 0 Å². The molecule has 0 fully saturated rings. The zero-order valence-corrected chi connectivity index (χ0v) is 12.5. The van der Waals surface area contributed by atoms with Crippen LogP contribution in [0, 0.1) is 6.92 Å². The van der Waals surface area contributed by atoms with Gasteiger partial charge in [0.25, 0.3) is 0 Å². The van der Waals surface area contributed by atoms with Crippen molar-refractivity contribution in [3.8, 4) is 0 Å². The molecule has 0 saturated heterocycles. The largest absolute Gasteiger partial charge is 0.319 e. The lowest BCUT2D eigenvalue weighted by molar-refractivity contribution is 0.684. The molecule has 0 amide bonds. The highest BCUT2D eigenvalue weighted by molar-refractivity contribution is 6.20. The quantitative estimate of drug-likeness (QED) is 0.697. The molecule has 2 aromatic heterocycles. The molecule has 1 aromatic carbocycles. The van der Waals surface area contributed by atoms with E-state index in [1.165, 1.54) is 5.56 Å². The van der Waals surface area contributed by atoms with E-state index in [-0.39, 0.29) is 5.38 Å². The zero-order chi connectivity index (χ0) is 14.3. The number of halogens is 1. The molecule has 20 heavy (non-hydrogen) atoms. The number of rotatable bonds is 3. The Bertz CT molecular complexity index is 756. The van der Waals surface area contributed by atoms with Crippen molar-refractivity contribution in [1.29, 1.82) is 0 Å². The molecule has 0 saturated carbocycles. The summed E-state index contributed by atoms with van der Waals surface area (Å²) in [5.74, 6) is 1.60. The molecule has 0 radical (unpaired) electrons. The molecule has 3 aromatic rings. The highest BCUT2D eigenvalue weighted by Gasteiger charge is 2.16. The third-order valence-electron chi connectivity index (χ3n) is 3.24. The van der Waals surface area contributed by atoms with Crippen LogP contribution < -0.4 is 0 Å². The summed E-state index contributed by atoms with van der Waals surface area (Å²) in [6.45, 7) is 4.57. The molecule has 0 aliphatic rings. The molecule has 1 unspecified atom stereocenters. The predicted molar refractivity (Wildman–Crippen MR) is 78.8 cm³/mol. The van der Waals surface area contributed by atoms with Gasteiger partial charge in [0.1, 0.15) is 12.2 Å². The van der Waals surface area contributed by atoms with Gasteiger partial charge in [0.2, 0.25) is 0 Å². The first-order chi connectivity index (χ1) is 9.54. The maximum atomic E-state index is 6.26. The van der Waals surface area contributed by atoms with Crippen LogP contribution in [0.5, 0.6) is 0 Å². The minimum absolute atomic E-state index is 0.161. The van der Waals surface area contributed by atoms with E-state index in [9.17, 15) is 0 Å². The SMILES string of the molecule is Cc1ccc2nc(C(C)Cl)n(Cc3ncn(C)n3)c2c1. The Hall–Kier alpha value is -1.88. The average molecular weight is 290 g/mol. The number of imidazole rings is 1. The van der Waals surface area contributed by atoms with Crippen molar-refractivity contribution in [3.63, 3.8) is 0 Å². The number of hydrogen-bond acceptors (Lipinski definition) is 3. The molecule has 0 aliphatic carbocycles. The molecule has 0 N–H and O–H groups in total. The Morgan fingerprint density at radius 1 is 1.35 bits per heavy atom.